The summed E-state index contributed by atoms with van der Waals surface area (Å²) in [5, 5.41) is 6.71. The van der Waals surface area contributed by atoms with Gasteiger partial charge in [-0.15, -0.1) is 0 Å². The highest BCUT2D eigenvalue weighted by molar-refractivity contribution is 6.07. The third-order valence-electron chi connectivity index (χ3n) is 4.65. The molecule has 0 fully saturated rings. The second-order valence-electron chi connectivity index (χ2n) is 7.02. The number of hydrogen-bond acceptors (Lipinski definition) is 5. The Hall–Kier alpha value is -4.65. The van der Waals surface area contributed by atoms with Crippen molar-refractivity contribution in [2.24, 2.45) is 5.10 Å². The summed E-state index contributed by atoms with van der Waals surface area (Å²) in [7, 11) is 0. The molecule has 2 N–H and O–H groups in total. The van der Waals surface area contributed by atoms with E-state index in [9.17, 15) is 9.59 Å². The summed E-state index contributed by atoms with van der Waals surface area (Å²) < 4.78 is 10.9. The number of carbonyl (C=O) groups excluding carboxylic acids is 2. The van der Waals surface area contributed by atoms with E-state index in [1.807, 2.05) is 54.6 Å². The Morgan fingerprint density at radius 3 is 2.52 bits per heavy atom. The molecule has 4 rings (SSSR count). The molecule has 0 radical (unpaired) electrons. The molecule has 3 aromatic carbocycles. The molecule has 0 aliphatic carbocycles. The molecule has 0 aliphatic heterocycles. The molecule has 0 bridgehead atoms. The largest absolute Gasteiger partial charge is 0.489 e. The standard InChI is InChI=1S/C26H21N3O4/c30-25(22-12-4-5-13-23(22)28-26(31)24-14-7-15-32-24)29-27-17-20-10-6-11-21(16-20)33-18-19-8-2-1-3-9-19/h1-17H,18H2,(H,28,31)(H,29,30)/b27-17-. The average Bonchev–Trinajstić information content (AvgIpc) is 3.39. The van der Waals surface area contributed by atoms with Crippen LogP contribution in [-0.4, -0.2) is 18.0 Å². The van der Waals surface area contributed by atoms with Crippen LogP contribution in [0.4, 0.5) is 5.69 Å². The van der Waals surface area contributed by atoms with Crippen molar-refractivity contribution in [3.05, 3.63) is 120 Å². The maximum absolute atomic E-state index is 12.6. The Labute approximate surface area is 190 Å². The number of benzene rings is 3. The second-order valence-corrected chi connectivity index (χ2v) is 7.02. The van der Waals surface area contributed by atoms with Gasteiger partial charge in [0.15, 0.2) is 5.76 Å². The van der Waals surface area contributed by atoms with Crippen LogP contribution in [0.2, 0.25) is 0 Å². The molecule has 0 saturated heterocycles. The number of nitrogens with one attached hydrogen (secondary N) is 2. The Balaban J connectivity index is 1.37. The van der Waals surface area contributed by atoms with E-state index in [1.165, 1.54) is 12.5 Å². The third-order valence-corrected chi connectivity index (χ3v) is 4.65. The number of ether oxygens (including phenoxy) is 1. The van der Waals surface area contributed by atoms with Gasteiger partial charge in [-0.25, -0.2) is 5.43 Å². The van der Waals surface area contributed by atoms with Gasteiger partial charge in [0.1, 0.15) is 12.4 Å². The average molecular weight is 439 g/mol. The zero-order valence-corrected chi connectivity index (χ0v) is 17.6. The molecule has 7 nitrogen and oxygen atoms in total. The fourth-order valence-electron chi connectivity index (χ4n) is 3.03. The first-order valence-corrected chi connectivity index (χ1v) is 10.2. The second kappa shape index (κ2) is 10.6. The van der Waals surface area contributed by atoms with Gasteiger partial charge in [0.2, 0.25) is 0 Å². The number of furan rings is 1. The van der Waals surface area contributed by atoms with Crippen molar-refractivity contribution in [3.63, 3.8) is 0 Å². The van der Waals surface area contributed by atoms with E-state index in [0.29, 0.717) is 18.0 Å². The van der Waals surface area contributed by atoms with E-state index in [-0.39, 0.29) is 11.3 Å². The fraction of sp³-hybridized carbons (Fsp3) is 0.0385. The van der Waals surface area contributed by atoms with Crippen LogP contribution < -0.4 is 15.5 Å². The number of para-hydroxylation sites is 1. The minimum Gasteiger partial charge on any atom is -0.489 e. The smallest absolute Gasteiger partial charge is 0.291 e. The number of amides is 2. The summed E-state index contributed by atoms with van der Waals surface area (Å²) in [6.45, 7) is 0.457. The van der Waals surface area contributed by atoms with Gasteiger partial charge in [-0.05, 0) is 47.5 Å². The van der Waals surface area contributed by atoms with Crippen LogP contribution >= 0.6 is 0 Å². The number of anilines is 1. The molecule has 0 saturated carbocycles. The maximum atomic E-state index is 12.6. The Morgan fingerprint density at radius 1 is 0.879 bits per heavy atom. The Morgan fingerprint density at radius 2 is 1.70 bits per heavy atom. The first-order valence-electron chi connectivity index (χ1n) is 10.2. The van der Waals surface area contributed by atoms with E-state index in [2.05, 4.69) is 15.8 Å². The maximum Gasteiger partial charge on any atom is 0.291 e. The lowest BCUT2D eigenvalue weighted by molar-refractivity contribution is 0.0956. The van der Waals surface area contributed by atoms with Gasteiger partial charge in [-0.2, -0.15) is 5.10 Å². The molecular weight excluding hydrogens is 418 g/mol. The first-order chi connectivity index (χ1) is 16.2. The number of carbonyl (C=O) groups is 2. The van der Waals surface area contributed by atoms with Gasteiger partial charge in [0.25, 0.3) is 11.8 Å². The summed E-state index contributed by atoms with van der Waals surface area (Å²) >= 11 is 0. The Bertz CT molecular complexity index is 1250. The summed E-state index contributed by atoms with van der Waals surface area (Å²) in [5.74, 6) is -0.0631. The molecule has 7 heteroatoms. The first kappa shape index (κ1) is 21.6. The topological polar surface area (TPSA) is 92.9 Å². The van der Waals surface area contributed by atoms with E-state index >= 15 is 0 Å². The highest BCUT2D eigenvalue weighted by Crippen LogP contribution is 2.17. The molecule has 164 valence electrons. The van der Waals surface area contributed by atoms with E-state index in [1.54, 1.807) is 36.4 Å². The van der Waals surface area contributed by atoms with E-state index in [4.69, 9.17) is 9.15 Å². The van der Waals surface area contributed by atoms with Crippen molar-refractivity contribution in [2.75, 3.05) is 5.32 Å². The molecular formula is C26H21N3O4. The third kappa shape index (κ3) is 5.95. The van der Waals surface area contributed by atoms with Gasteiger partial charge in [-0.3, -0.25) is 9.59 Å². The predicted octanol–water partition coefficient (Wildman–Crippen LogP) is 4.87. The highest BCUT2D eigenvalue weighted by atomic mass is 16.5. The lowest BCUT2D eigenvalue weighted by atomic mass is 10.1. The summed E-state index contributed by atoms with van der Waals surface area (Å²) in [5.41, 5.74) is 4.95. The molecule has 33 heavy (non-hydrogen) atoms. The molecule has 0 unspecified atom stereocenters. The van der Waals surface area contributed by atoms with Crippen molar-refractivity contribution in [1.82, 2.24) is 5.43 Å². The van der Waals surface area contributed by atoms with Crippen molar-refractivity contribution in [1.29, 1.82) is 0 Å². The van der Waals surface area contributed by atoms with Gasteiger partial charge < -0.3 is 14.5 Å². The molecule has 0 aliphatic rings. The van der Waals surface area contributed by atoms with Gasteiger partial charge in [0.05, 0.1) is 23.7 Å². The number of rotatable bonds is 8. The number of hydrazone groups is 1. The normalized spacial score (nSPS) is 10.7. The van der Waals surface area contributed by atoms with Gasteiger partial charge >= 0.3 is 0 Å². The monoisotopic (exact) mass is 439 g/mol. The summed E-state index contributed by atoms with van der Waals surface area (Å²) in [6, 6.07) is 27.1. The quantitative estimate of drug-likeness (QED) is 0.302. The van der Waals surface area contributed by atoms with E-state index in [0.717, 1.165) is 11.1 Å². The molecule has 1 aromatic heterocycles. The van der Waals surface area contributed by atoms with Crippen molar-refractivity contribution >= 4 is 23.7 Å². The summed E-state index contributed by atoms with van der Waals surface area (Å²) in [6.07, 6.45) is 2.93. The van der Waals surface area contributed by atoms with Crippen molar-refractivity contribution in [2.45, 2.75) is 6.61 Å². The minimum atomic E-state index is -0.460. The summed E-state index contributed by atoms with van der Waals surface area (Å²) in [4.78, 5) is 24.9. The fourth-order valence-corrected chi connectivity index (χ4v) is 3.03. The zero-order valence-electron chi connectivity index (χ0n) is 17.6. The lowest BCUT2D eigenvalue weighted by Crippen LogP contribution is -2.21. The zero-order chi connectivity index (χ0) is 22.9. The van der Waals surface area contributed by atoms with Crippen LogP contribution in [0.5, 0.6) is 5.75 Å². The molecule has 2 amide bonds. The predicted molar refractivity (Wildman–Crippen MR) is 125 cm³/mol. The van der Waals surface area contributed by atoms with Crippen LogP contribution in [0.15, 0.2) is 107 Å². The van der Waals surface area contributed by atoms with Crippen LogP contribution in [0, 0.1) is 0 Å². The van der Waals surface area contributed by atoms with Crippen LogP contribution in [0.25, 0.3) is 0 Å². The van der Waals surface area contributed by atoms with Crippen LogP contribution in [-0.2, 0) is 6.61 Å². The number of hydrogen-bond donors (Lipinski definition) is 2. The molecule has 0 atom stereocenters. The minimum absolute atomic E-state index is 0.151. The van der Waals surface area contributed by atoms with Crippen LogP contribution in [0.1, 0.15) is 32.0 Å². The van der Waals surface area contributed by atoms with Crippen molar-refractivity contribution in [3.8, 4) is 5.75 Å². The number of nitrogens with zero attached hydrogens (tertiary/aromatic N) is 1. The lowest BCUT2D eigenvalue weighted by Gasteiger charge is -2.09. The Kier molecular flexibility index (Phi) is 6.92. The van der Waals surface area contributed by atoms with Gasteiger partial charge in [-0.1, -0.05) is 54.6 Å². The van der Waals surface area contributed by atoms with Gasteiger partial charge in [0, 0.05) is 0 Å². The molecule has 4 aromatic rings. The molecule has 1 heterocycles. The highest BCUT2D eigenvalue weighted by Gasteiger charge is 2.15. The van der Waals surface area contributed by atoms with Crippen LogP contribution in [0.3, 0.4) is 0 Å². The van der Waals surface area contributed by atoms with E-state index < -0.39 is 11.8 Å². The SMILES string of the molecule is O=C(Nc1ccccc1C(=O)N/N=C\c1cccc(OCc2ccccc2)c1)c1ccco1. The van der Waals surface area contributed by atoms with Crippen molar-refractivity contribution < 1.29 is 18.7 Å². The molecule has 0 spiro atoms.